The number of phenolic OH excluding ortho intramolecular Hbond substituents is 1. The molecule has 3 atom stereocenters. The normalized spacial score (nSPS) is 15.6. The van der Waals surface area contributed by atoms with Gasteiger partial charge in [0.1, 0.15) is 12.2 Å². The standard InChI is InChI=1S/C27H40N2O7/c1-5-22(32)7-9-24(36-18(3)31)16-23(35-17(2)30)8-6-19-12-21(27(33)25(14-19)34-4)13-20-10-11-29-26(28)15-20/h10,12,14-15,22-24,29,32-33H,5-9,11,13,16,28H2,1-4H3. The molecule has 9 heteroatoms. The van der Waals surface area contributed by atoms with E-state index in [-0.39, 0.29) is 5.75 Å². The number of benzene rings is 1. The van der Waals surface area contributed by atoms with Crippen LogP contribution in [0, 0.1) is 0 Å². The Morgan fingerprint density at radius 1 is 1.11 bits per heavy atom. The van der Waals surface area contributed by atoms with Gasteiger partial charge in [0, 0.05) is 38.8 Å². The van der Waals surface area contributed by atoms with Gasteiger partial charge in [0.05, 0.1) is 19.0 Å². The number of carbonyl (C=O) groups is 2. The second-order valence-electron chi connectivity index (χ2n) is 9.12. The van der Waals surface area contributed by atoms with Gasteiger partial charge in [0.25, 0.3) is 0 Å². The van der Waals surface area contributed by atoms with Crippen molar-refractivity contribution in [3.05, 3.63) is 46.8 Å². The van der Waals surface area contributed by atoms with Crippen molar-refractivity contribution in [1.82, 2.24) is 5.32 Å². The highest BCUT2D eigenvalue weighted by Gasteiger charge is 2.23. The highest BCUT2D eigenvalue weighted by atomic mass is 16.6. The number of allylic oxidation sites excluding steroid dienone is 2. The largest absolute Gasteiger partial charge is 0.504 e. The number of nitrogens with one attached hydrogen (secondary N) is 1. The smallest absolute Gasteiger partial charge is 0.302 e. The van der Waals surface area contributed by atoms with Gasteiger partial charge < -0.3 is 35.5 Å². The molecule has 0 radical (unpaired) electrons. The Morgan fingerprint density at radius 2 is 1.78 bits per heavy atom. The monoisotopic (exact) mass is 504 g/mol. The van der Waals surface area contributed by atoms with Crippen LogP contribution in [0.5, 0.6) is 11.5 Å². The van der Waals surface area contributed by atoms with Crippen molar-refractivity contribution in [3.63, 3.8) is 0 Å². The van der Waals surface area contributed by atoms with E-state index in [1.165, 1.54) is 21.0 Å². The fraction of sp³-hybridized carbons (Fsp3) is 0.556. The van der Waals surface area contributed by atoms with Gasteiger partial charge in [-0.15, -0.1) is 0 Å². The van der Waals surface area contributed by atoms with E-state index in [0.29, 0.717) is 68.6 Å². The average molecular weight is 505 g/mol. The zero-order valence-corrected chi connectivity index (χ0v) is 21.7. The first-order valence-electron chi connectivity index (χ1n) is 12.4. The first-order chi connectivity index (χ1) is 17.1. The number of ether oxygens (including phenoxy) is 3. The van der Waals surface area contributed by atoms with E-state index in [1.54, 1.807) is 6.07 Å². The minimum absolute atomic E-state index is 0.0774. The number of phenols is 1. The molecule has 9 nitrogen and oxygen atoms in total. The third kappa shape index (κ3) is 9.81. The van der Waals surface area contributed by atoms with E-state index >= 15 is 0 Å². The van der Waals surface area contributed by atoms with Gasteiger partial charge in [0.15, 0.2) is 11.5 Å². The number of nitrogens with two attached hydrogens (primary N) is 1. The van der Waals surface area contributed by atoms with Crippen LogP contribution in [0.2, 0.25) is 0 Å². The number of methoxy groups -OCH3 is 1. The van der Waals surface area contributed by atoms with Crippen molar-refractivity contribution in [3.8, 4) is 11.5 Å². The van der Waals surface area contributed by atoms with Gasteiger partial charge in [-0.25, -0.2) is 0 Å². The molecule has 0 fully saturated rings. The lowest BCUT2D eigenvalue weighted by atomic mass is 9.95. The number of rotatable bonds is 14. The van der Waals surface area contributed by atoms with E-state index in [0.717, 1.165) is 11.1 Å². The molecule has 200 valence electrons. The van der Waals surface area contributed by atoms with Crippen molar-refractivity contribution in [2.45, 2.75) is 84.0 Å². The minimum Gasteiger partial charge on any atom is -0.504 e. The van der Waals surface area contributed by atoms with Gasteiger partial charge in [-0.05, 0) is 55.4 Å². The summed E-state index contributed by atoms with van der Waals surface area (Å²) in [5.74, 6) is 0.190. The number of aryl methyl sites for hydroxylation is 1. The molecule has 0 saturated heterocycles. The van der Waals surface area contributed by atoms with Gasteiger partial charge in [0.2, 0.25) is 0 Å². The molecule has 0 amide bonds. The lowest BCUT2D eigenvalue weighted by Gasteiger charge is -2.24. The van der Waals surface area contributed by atoms with Crippen LogP contribution in [-0.2, 0) is 31.9 Å². The summed E-state index contributed by atoms with van der Waals surface area (Å²) in [7, 11) is 1.50. The average Bonchev–Trinajstić information content (AvgIpc) is 2.81. The molecule has 1 aromatic carbocycles. The number of hydrogen-bond acceptors (Lipinski definition) is 9. The molecule has 0 bridgehead atoms. The Bertz CT molecular complexity index is 958. The van der Waals surface area contributed by atoms with Gasteiger partial charge in [-0.3, -0.25) is 9.59 Å². The first-order valence-corrected chi connectivity index (χ1v) is 12.4. The highest BCUT2D eigenvalue weighted by Crippen LogP contribution is 2.34. The Labute approximate surface area is 213 Å². The molecular formula is C27H40N2O7. The molecule has 36 heavy (non-hydrogen) atoms. The number of carbonyl (C=O) groups excluding carboxylic acids is 2. The summed E-state index contributed by atoms with van der Waals surface area (Å²) < 4.78 is 16.4. The van der Waals surface area contributed by atoms with E-state index in [2.05, 4.69) is 5.32 Å². The first kappa shape index (κ1) is 29.0. The third-order valence-electron chi connectivity index (χ3n) is 6.08. The van der Waals surface area contributed by atoms with Crippen LogP contribution in [0.25, 0.3) is 0 Å². The predicted octanol–water partition coefficient (Wildman–Crippen LogP) is 3.01. The molecular weight excluding hydrogens is 464 g/mol. The highest BCUT2D eigenvalue weighted by molar-refractivity contribution is 5.66. The maximum Gasteiger partial charge on any atom is 0.302 e. The zero-order valence-electron chi connectivity index (χ0n) is 21.7. The van der Waals surface area contributed by atoms with Crippen molar-refractivity contribution >= 4 is 11.9 Å². The fourth-order valence-electron chi connectivity index (χ4n) is 4.24. The summed E-state index contributed by atoms with van der Waals surface area (Å²) in [4.78, 5) is 23.4. The number of aromatic hydroxyl groups is 1. The number of aliphatic hydroxyl groups is 1. The summed E-state index contributed by atoms with van der Waals surface area (Å²) in [5.41, 5.74) is 8.47. The van der Waals surface area contributed by atoms with Crippen LogP contribution in [0.1, 0.15) is 64.0 Å². The lowest BCUT2D eigenvalue weighted by molar-refractivity contribution is -0.153. The van der Waals surface area contributed by atoms with E-state index < -0.39 is 30.3 Å². The number of hydrogen-bond donors (Lipinski definition) is 4. The fourth-order valence-corrected chi connectivity index (χ4v) is 4.24. The Balaban J connectivity index is 2.16. The maximum atomic E-state index is 11.8. The zero-order chi connectivity index (χ0) is 26.7. The van der Waals surface area contributed by atoms with Gasteiger partial charge in [-0.2, -0.15) is 0 Å². The molecule has 5 N–H and O–H groups in total. The summed E-state index contributed by atoms with van der Waals surface area (Å²) >= 11 is 0. The summed E-state index contributed by atoms with van der Waals surface area (Å²) in [5, 5.41) is 23.6. The van der Waals surface area contributed by atoms with Crippen LogP contribution >= 0.6 is 0 Å². The van der Waals surface area contributed by atoms with Crippen LogP contribution in [-0.4, -0.2) is 54.1 Å². The molecule has 0 aromatic heterocycles. The van der Waals surface area contributed by atoms with E-state index in [4.69, 9.17) is 19.9 Å². The molecule has 0 spiro atoms. The quantitative estimate of drug-likeness (QED) is 0.281. The summed E-state index contributed by atoms with van der Waals surface area (Å²) in [6.07, 6.45) is 5.85. The van der Waals surface area contributed by atoms with Crippen LogP contribution in [0.3, 0.4) is 0 Å². The number of dihydropyridines is 1. The molecule has 0 saturated carbocycles. The van der Waals surface area contributed by atoms with Gasteiger partial charge >= 0.3 is 11.9 Å². The second kappa shape index (κ2) is 14.4. The SMILES string of the molecule is CCC(O)CCC(CC(CCc1cc(CC2=CCNC(N)=C2)c(O)c(OC)c1)OC(C)=O)OC(C)=O. The summed E-state index contributed by atoms with van der Waals surface area (Å²) in [6.45, 7) is 5.20. The Hall–Kier alpha value is -3.20. The molecule has 1 aliphatic rings. The van der Waals surface area contributed by atoms with Crippen molar-refractivity contribution in [2.75, 3.05) is 13.7 Å². The van der Waals surface area contributed by atoms with Crippen molar-refractivity contribution < 1.29 is 34.0 Å². The molecule has 1 heterocycles. The molecule has 2 rings (SSSR count). The van der Waals surface area contributed by atoms with Crippen LogP contribution in [0.15, 0.2) is 35.7 Å². The Kier molecular flexibility index (Phi) is 11.6. The number of aliphatic hydroxyl groups excluding tert-OH is 1. The minimum atomic E-state index is -0.483. The molecule has 1 aliphatic heterocycles. The van der Waals surface area contributed by atoms with Crippen molar-refractivity contribution in [2.24, 2.45) is 5.73 Å². The van der Waals surface area contributed by atoms with Crippen LogP contribution in [0.4, 0.5) is 0 Å². The van der Waals surface area contributed by atoms with Crippen LogP contribution < -0.4 is 15.8 Å². The second-order valence-corrected chi connectivity index (χ2v) is 9.12. The van der Waals surface area contributed by atoms with Gasteiger partial charge in [-0.1, -0.05) is 19.1 Å². The maximum absolute atomic E-state index is 11.8. The topological polar surface area (TPSA) is 140 Å². The molecule has 0 aliphatic carbocycles. The lowest BCUT2D eigenvalue weighted by Crippen LogP contribution is -2.27. The number of esters is 2. The molecule has 1 aromatic rings. The Morgan fingerprint density at radius 3 is 2.36 bits per heavy atom. The predicted molar refractivity (Wildman–Crippen MR) is 136 cm³/mol. The third-order valence-corrected chi connectivity index (χ3v) is 6.08. The van der Waals surface area contributed by atoms with Crippen molar-refractivity contribution in [1.29, 1.82) is 0 Å². The van der Waals surface area contributed by atoms with E-state index in [9.17, 15) is 19.8 Å². The molecule has 3 unspecified atom stereocenters. The summed E-state index contributed by atoms with van der Waals surface area (Å²) in [6, 6.07) is 3.68. The van der Waals surface area contributed by atoms with E-state index in [1.807, 2.05) is 25.1 Å².